The first-order chi connectivity index (χ1) is 20.4. The molecule has 1 saturated heterocycles. The molecule has 9 heteroatoms. The van der Waals surface area contributed by atoms with Crippen LogP contribution >= 0.6 is 0 Å². The van der Waals surface area contributed by atoms with Crippen molar-refractivity contribution in [2.75, 3.05) is 19.8 Å². The molecule has 1 amide bonds. The van der Waals surface area contributed by atoms with E-state index in [1.807, 2.05) is 49.3 Å². The molecule has 2 unspecified atom stereocenters. The van der Waals surface area contributed by atoms with Crippen molar-refractivity contribution in [2.45, 2.75) is 71.6 Å². The Labute approximate surface area is 246 Å². The van der Waals surface area contributed by atoms with Crippen molar-refractivity contribution in [3.63, 3.8) is 0 Å². The number of carbonyl (C=O) groups is 2. The Hall–Kier alpha value is -4.27. The number of hydrogen-bond acceptors (Lipinski definition) is 6. The molecule has 9 nitrogen and oxygen atoms in total. The molecule has 1 aromatic heterocycles. The van der Waals surface area contributed by atoms with Crippen LogP contribution in [0.2, 0.25) is 0 Å². The van der Waals surface area contributed by atoms with Crippen molar-refractivity contribution >= 4 is 17.4 Å². The highest BCUT2D eigenvalue weighted by atomic mass is 16.5. The third-order valence-electron chi connectivity index (χ3n) is 7.69. The molecular formula is C33H39N3O6. The highest BCUT2D eigenvalue weighted by Crippen LogP contribution is 2.42. The van der Waals surface area contributed by atoms with E-state index in [0.717, 1.165) is 30.6 Å². The Morgan fingerprint density at radius 2 is 1.95 bits per heavy atom. The summed E-state index contributed by atoms with van der Waals surface area (Å²) in [6, 6.07) is 9.82. The number of ketones is 1. The second kappa shape index (κ2) is 13.1. The monoisotopic (exact) mass is 573 g/mol. The molecule has 2 aromatic carbocycles. The van der Waals surface area contributed by atoms with Crippen molar-refractivity contribution in [3.05, 3.63) is 77.4 Å². The third-order valence-corrected chi connectivity index (χ3v) is 7.69. The quantitative estimate of drug-likeness (QED) is 0.109. The SMILES string of the molecule is CCCCCOc1ccc(C2C(=C([O-])c3ccc4c(c3)CC(C)O4)C(=O)C(=O)N2CCC[n+]2cc[nH]c2)cc1OCC. The Bertz CT molecular complexity index is 1450. The van der Waals surface area contributed by atoms with E-state index in [4.69, 9.17) is 14.2 Å². The van der Waals surface area contributed by atoms with Gasteiger partial charge in [-0.3, -0.25) is 14.6 Å². The van der Waals surface area contributed by atoms with E-state index in [9.17, 15) is 14.7 Å². The van der Waals surface area contributed by atoms with Crippen LogP contribution in [-0.2, 0) is 22.6 Å². The molecule has 2 aliphatic rings. The average Bonchev–Trinajstić information content (AvgIpc) is 3.70. The van der Waals surface area contributed by atoms with E-state index in [2.05, 4.69) is 11.9 Å². The van der Waals surface area contributed by atoms with Crippen LogP contribution in [-0.4, -0.2) is 47.4 Å². The van der Waals surface area contributed by atoms with Crippen molar-refractivity contribution in [3.8, 4) is 17.2 Å². The average molecular weight is 574 g/mol. The van der Waals surface area contributed by atoms with Crippen LogP contribution < -0.4 is 23.9 Å². The van der Waals surface area contributed by atoms with Crippen LogP contribution in [0.25, 0.3) is 5.76 Å². The topological polar surface area (TPSA) is 108 Å². The van der Waals surface area contributed by atoms with Crippen LogP contribution in [0.4, 0.5) is 0 Å². The van der Waals surface area contributed by atoms with Gasteiger partial charge in [-0.25, -0.2) is 4.57 Å². The molecule has 2 atom stereocenters. The number of unbranched alkanes of at least 4 members (excludes halogenated alkanes) is 2. The molecule has 0 saturated carbocycles. The third kappa shape index (κ3) is 6.15. The minimum atomic E-state index is -0.842. The summed E-state index contributed by atoms with van der Waals surface area (Å²) >= 11 is 0. The molecule has 3 heterocycles. The van der Waals surface area contributed by atoms with E-state index in [1.165, 1.54) is 4.90 Å². The first-order valence-electron chi connectivity index (χ1n) is 14.9. The van der Waals surface area contributed by atoms with Gasteiger partial charge in [0.15, 0.2) is 11.5 Å². The number of nitrogens with one attached hydrogen (secondary N) is 1. The molecule has 5 rings (SSSR count). The van der Waals surface area contributed by atoms with Gasteiger partial charge >= 0.3 is 0 Å². The predicted octanol–water partition coefficient (Wildman–Crippen LogP) is 3.91. The van der Waals surface area contributed by atoms with Crippen LogP contribution in [0.5, 0.6) is 17.2 Å². The number of rotatable bonds is 13. The molecule has 0 bridgehead atoms. The Balaban J connectivity index is 1.52. The summed E-state index contributed by atoms with van der Waals surface area (Å²) in [4.78, 5) is 31.5. The number of aromatic nitrogens is 2. The number of benzene rings is 2. The number of fused-ring (bicyclic) bond motifs is 1. The van der Waals surface area contributed by atoms with Gasteiger partial charge in [0.05, 0.1) is 25.8 Å². The van der Waals surface area contributed by atoms with Gasteiger partial charge in [-0.05, 0) is 61.2 Å². The predicted molar refractivity (Wildman–Crippen MR) is 155 cm³/mol. The summed E-state index contributed by atoms with van der Waals surface area (Å²) in [5.74, 6) is -0.00382. The number of aromatic amines is 1. The van der Waals surface area contributed by atoms with Crippen LogP contribution in [0, 0.1) is 0 Å². The molecule has 0 aliphatic carbocycles. The minimum Gasteiger partial charge on any atom is -0.872 e. The summed E-state index contributed by atoms with van der Waals surface area (Å²) in [5.41, 5.74) is 1.89. The molecule has 42 heavy (non-hydrogen) atoms. The fourth-order valence-electron chi connectivity index (χ4n) is 5.67. The largest absolute Gasteiger partial charge is 0.872 e. The second-order valence-electron chi connectivity index (χ2n) is 10.8. The number of likely N-dealkylation sites (tertiary alicyclic amines) is 1. The molecule has 0 spiro atoms. The lowest BCUT2D eigenvalue weighted by atomic mass is 9.94. The van der Waals surface area contributed by atoms with Gasteiger partial charge in [0.25, 0.3) is 5.91 Å². The Morgan fingerprint density at radius 1 is 1.10 bits per heavy atom. The summed E-state index contributed by atoms with van der Waals surface area (Å²) < 4.78 is 19.7. The fourth-order valence-corrected chi connectivity index (χ4v) is 5.67. The van der Waals surface area contributed by atoms with Crippen molar-refractivity contribution in [1.29, 1.82) is 0 Å². The van der Waals surface area contributed by atoms with E-state index >= 15 is 0 Å². The number of H-pyrrole nitrogens is 1. The molecular weight excluding hydrogens is 534 g/mol. The zero-order valence-electron chi connectivity index (χ0n) is 24.6. The molecule has 2 aliphatic heterocycles. The van der Waals surface area contributed by atoms with Gasteiger partial charge in [0.1, 0.15) is 24.2 Å². The number of nitrogens with zero attached hydrogens (tertiary/aromatic N) is 2. The maximum absolute atomic E-state index is 14.0. The van der Waals surface area contributed by atoms with Gasteiger partial charge in [-0.2, -0.15) is 0 Å². The first-order valence-corrected chi connectivity index (χ1v) is 14.9. The number of imidazole rings is 1. The van der Waals surface area contributed by atoms with Crippen molar-refractivity contribution in [2.24, 2.45) is 0 Å². The van der Waals surface area contributed by atoms with Crippen LogP contribution in [0.3, 0.4) is 0 Å². The van der Waals surface area contributed by atoms with E-state index in [1.54, 1.807) is 24.3 Å². The smallest absolute Gasteiger partial charge is 0.295 e. The van der Waals surface area contributed by atoms with Gasteiger partial charge < -0.3 is 24.2 Å². The highest BCUT2D eigenvalue weighted by Gasteiger charge is 2.44. The van der Waals surface area contributed by atoms with Crippen LogP contribution in [0.15, 0.2) is 60.7 Å². The summed E-state index contributed by atoms with van der Waals surface area (Å²) in [6.07, 6.45) is 9.95. The Morgan fingerprint density at radius 3 is 2.71 bits per heavy atom. The summed E-state index contributed by atoms with van der Waals surface area (Å²) in [7, 11) is 0. The first kappa shape index (κ1) is 29.2. The van der Waals surface area contributed by atoms with E-state index < -0.39 is 23.5 Å². The number of carbonyl (C=O) groups excluding carboxylic acids is 2. The van der Waals surface area contributed by atoms with Gasteiger partial charge in [-0.15, -0.1) is 0 Å². The van der Waals surface area contributed by atoms with Gasteiger partial charge in [0.2, 0.25) is 12.1 Å². The lowest BCUT2D eigenvalue weighted by Crippen LogP contribution is -2.36. The van der Waals surface area contributed by atoms with Crippen LogP contribution in [0.1, 0.15) is 69.2 Å². The Kier molecular flexibility index (Phi) is 9.15. The number of ether oxygens (including phenoxy) is 3. The molecule has 3 aromatic rings. The number of Topliss-reactive ketones (excluding diaryl/α,β-unsaturated/α-hetero) is 1. The molecule has 1 fully saturated rings. The second-order valence-corrected chi connectivity index (χ2v) is 10.8. The highest BCUT2D eigenvalue weighted by molar-refractivity contribution is 6.46. The number of aryl methyl sites for hydroxylation is 1. The standard InChI is InChI=1S/C33H39N3O6/c1-4-6-7-17-41-27-12-9-23(20-28(27)40-5-2)30-29(31(37)24-10-11-26-25(19-24)18-22(3)42-26)32(38)33(39)36(30)15-8-14-35-16-13-34-21-35/h9-13,16,19-22,30H,4-8,14-15,17-18H2,1-3H3,(H,37,38). The molecule has 222 valence electrons. The number of amides is 1. The van der Waals surface area contributed by atoms with Gasteiger partial charge in [-0.1, -0.05) is 37.7 Å². The lowest BCUT2D eigenvalue weighted by molar-refractivity contribution is -0.695. The summed E-state index contributed by atoms with van der Waals surface area (Å²) in [5, 5.41) is 14.0. The zero-order chi connectivity index (χ0) is 29.6. The normalized spacial score (nSPS) is 19.2. The fraction of sp³-hybridized carbons (Fsp3) is 0.424. The summed E-state index contributed by atoms with van der Waals surface area (Å²) in [6.45, 7) is 7.93. The van der Waals surface area contributed by atoms with E-state index in [0.29, 0.717) is 61.8 Å². The van der Waals surface area contributed by atoms with E-state index in [-0.39, 0.29) is 11.7 Å². The molecule has 0 radical (unpaired) electrons. The number of hydrogen-bond donors (Lipinski definition) is 1. The van der Waals surface area contributed by atoms with Crippen molar-refractivity contribution in [1.82, 2.24) is 9.88 Å². The maximum Gasteiger partial charge on any atom is 0.295 e. The zero-order valence-corrected chi connectivity index (χ0v) is 24.6. The minimum absolute atomic E-state index is 0.0218. The van der Waals surface area contributed by atoms with Crippen molar-refractivity contribution < 1.29 is 33.5 Å². The molecule has 1 N–H and O–H groups in total. The van der Waals surface area contributed by atoms with Gasteiger partial charge in [0, 0.05) is 25.0 Å². The maximum atomic E-state index is 14.0. The lowest BCUT2D eigenvalue weighted by Gasteiger charge is -2.28.